The van der Waals surface area contributed by atoms with Crippen LogP contribution in [0.1, 0.15) is 19.4 Å². The molecular formula is C12H15ClN2O. The molecule has 0 atom stereocenters. The minimum absolute atomic E-state index is 0.236. The molecule has 0 spiro atoms. The average Bonchev–Trinajstić information content (AvgIpc) is 2.27. The maximum absolute atomic E-state index is 8.73. The third-order valence-electron chi connectivity index (χ3n) is 2.36. The van der Waals surface area contributed by atoms with Gasteiger partial charge in [0.1, 0.15) is 6.07 Å². The SMILES string of the molecule is COC(C)(C)CNc1ccc(C#N)c(Cl)c1. The van der Waals surface area contributed by atoms with Crippen molar-refractivity contribution in [3.63, 3.8) is 0 Å². The van der Waals surface area contributed by atoms with E-state index in [0.29, 0.717) is 17.1 Å². The molecule has 4 heteroatoms. The summed E-state index contributed by atoms with van der Waals surface area (Å²) in [6, 6.07) is 7.29. The van der Waals surface area contributed by atoms with Crippen molar-refractivity contribution in [2.45, 2.75) is 19.4 Å². The van der Waals surface area contributed by atoms with Gasteiger partial charge in [0, 0.05) is 19.3 Å². The molecule has 1 rings (SSSR count). The summed E-state index contributed by atoms with van der Waals surface area (Å²) in [5.74, 6) is 0. The highest BCUT2D eigenvalue weighted by Gasteiger charge is 2.15. The Labute approximate surface area is 101 Å². The zero-order valence-electron chi connectivity index (χ0n) is 9.67. The minimum atomic E-state index is -0.236. The van der Waals surface area contributed by atoms with Gasteiger partial charge in [0.15, 0.2) is 0 Å². The van der Waals surface area contributed by atoms with Gasteiger partial charge < -0.3 is 10.1 Å². The molecule has 0 aliphatic heterocycles. The van der Waals surface area contributed by atoms with Gasteiger partial charge in [-0.3, -0.25) is 0 Å². The Morgan fingerprint density at radius 2 is 2.19 bits per heavy atom. The van der Waals surface area contributed by atoms with E-state index >= 15 is 0 Å². The normalized spacial score (nSPS) is 10.9. The second kappa shape index (κ2) is 5.20. The number of halogens is 1. The monoisotopic (exact) mass is 238 g/mol. The molecule has 0 saturated carbocycles. The number of ether oxygens (including phenoxy) is 1. The van der Waals surface area contributed by atoms with Gasteiger partial charge >= 0.3 is 0 Å². The molecule has 0 radical (unpaired) electrons. The van der Waals surface area contributed by atoms with Crippen LogP contribution in [0.2, 0.25) is 5.02 Å². The maximum atomic E-state index is 8.73. The molecule has 0 heterocycles. The molecule has 1 aromatic rings. The number of rotatable bonds is 4. The fourth-order valence-corrected chi connectivity index (χ4v) is 1.33. The van der Waals surface area contributed by atoms with Gasteiger partial charge in [0.05, 0.1) is 16.2 Å². The minimum Gasteiger partial charge on any atom is -0.382 e. The van der Waals surface area contributed by atoms with Crippen LogP contribution >= 0.6 is 11.6 Å². The Kier molecular flexibility index (Phi) is 4.17. The van der Waals surface area contributed by atoms with Crippen LogP contribution < -0.4 is 5.32 Å². The van der Waals surface area contributed by atoms with Gasteiger partial charge in [0.2, 0.25) is 0 Å². The summed E-state index contributed by atoms with van der Waals surface area (Å²) in [5.41, 5.74) is 1.13. The first kappa shape index (κ1) is 12.8. The van der Waals surface area contributed by atoms with Crippen LogP contribution in [-0.4, -0.2) is 19.3 Å². The third-order valence-corrected chi connectivity index (χ3v) is 2.67. The van der Waals surface area contributed by atoms with Gasteiger partial charge in [-0.2, -0.15) is 5.26 Å². The number of hydrogen-bond donors (Lipinski definition) is 1. The molecule has 0 unspecified atom stereocenters. The molecule has 16 heavy (non-hydrogen) atoms. The van der Waals surface area contributed by atoms with Crippen molar-refractivity contribution in [1.82, 2.24) is 0 Å². The fraction of sp³-hybridized carbons (Fsp3) is 0.417. The molecule has 0 aromatic heterocycles. The maximum Gasteiger partial charge on any atom is 0.101 e. The van der Waals surface area contributed by atoms with Crippen LogP contribution in [0.25, 0.3) is 0 Å². The van der Waals surface area contributed by atoms with Crippen molar-refractivity contribution in [1.29, 1.82) is 5.26 Å². The average molecular weight is 239 g/mol. The van der Waals surface area contributed by atoms with Gasteiger partial charge in [-0.1, -0.05) is 11.6 Å². The number of benzene rings is 1. The Bertz CT molecular complexity index is 410. The van der Waals surface area contributed by atoms with Crippen LogP contribution in [-0.2, 0) is 4.74 Å². The third kappa shape index (κ3) is 3.41. The Morgan fingerprint density at radius 1 is 1.50 bits per heavy atom. The molecule has 1 N–H and O–H groups in total. The lowest BCUT2D eigenvalue weighted by molar-refractivity contribution is 0.0344. The van der Waals surface area contributed by atoms with Crippen molar-refractivity contribution in [2.75, 3.05) is 19.0 Å². The number of nitrogens with zero attached hydrogens (tertiary/aromatic N) is 1. The van der Waals surface area contributed by atoms with E-state index in [4.69, 9.17) is 21.6 Å². The van der Waals surface area contributed by atoms with E-state index < -0.39 is 0 Å². The lowest BCUT2D eigenvalue weighted by Crippen LogP contribution is -2.32. The number of hydrogen-bond acceptors (Lipinski definition) is 3. The molecule has 0 saturated heterocycles. The molecule has 0 bridgehead atoms. The predicted molar refractivity (Wildman–Crippen MR) is 65.7 cm³/mol. The molecule has 0 fully saturated rings. The summed E-state index contributed by atoms with van der Waals surface area (Å²) in [5, 5.41) is 12.4. The summed E-state index contributed by atoms with van der Waals surface area (Å²) >= 11 is 5.92. The van der Waals surface area contributed by atoms with Crippen LogP contribution in [0.5, 0.6) is 0 Å². The van der Waals surface area contributed by atoms with Crippen molar-refractivity contribution in [2.24, 2.45) is 0 Å². The molecule has 0 aliphatic carbocycles. The van der Waals surface area contributed by atoms with Crippen LogP contribution in [0, 0.1) is 11.3 Å². The van der Waals surface area contributed by atoms with Gasteiger partial charge in [-0.25, -0.2) is 0 Å². The Morgan fingerprint density at radius 3 is 2.69 bits per heavy atom. The molecule has 0 amide bonds. The molecule has 86 valence electrons. The molecular weight excluding hydrogens is 224 g/mol. The summed E-state index contributed by atoms with van der Waals surface area (Å²) in [4.78, 5) is 0. The fourth-order valence-electron chi connectivity index (χ4n) is 1.10. The predicted octanol–water partition coefficient (Wildman–Crippen LogP) is 3.05. The zero-order valence-corrected chi connectivity index (χ0v) is 10.4. The quantitative estimate of drug-likeness (QED) is 0.877. The largest absolute Gasteiger partial charge is 0.382 e. The Balaban J connectivity index is 2.70. The number of anilines is 1. The van der Waals surface area contributed by atoms with Crippen molar-refractivity contribution in [3.05, 3.63) is 28.8 Å². The van der Waals surface area contributed by atoms with Gasteiger partial charge in [-0.05, 0) is 32.0 Å². The van der Waals surface area contributed by atoms with Crippen molar-refractivity contribution < 1.29 is 4.74 Å². The van der Waals surface area contributed by atoms with E-state index in [2.05, 4.69) is 5.32 Å². The summed E-state index contributed by atoms with van der Waals surface area (Å²) in [6.07, 6.45) is 0. The highest BCUT2D eigenvalue weighted by molar-refractivity contribution is 6.32. The molecule has 0 aliphatic rings. The van der Waals surface area contributed by atoms with Crippen molar-refractivity contribution in [3.8, 4) is 6.07 Å². The summed E-state index contributed by atoms with van der Waals surface area (Å²) in [7, 11) is 1.67. The Hall–Kier alpha value is -1.24. The van der Waals surface area contributed by atoms with E-state index in [-0.39, 0.29) is 5.60 Å². The van der Waals surface area contributed by atoms with E-state index in [9.17, 15) is 0 Å². The zero-order chi connectivity index (χ0) is 12.2. The van der Waals surface area contributed by atoms with Gasteiger partial charge in [0.25, 0.3) is 0 Å². The lowest BCUT2D eigenvalue weighted by atomic mass is 10.1. The van der Waals surface area contributed by atoms with Crippen molar-refractivity contribution >= 4 is 17.3 Å². The highest BCUT2D eigenvalue weighted by Crippen LogP contribution is 2.21. The van der Waals surface area contributed by atoms with E-state index in [0.717, 1.165) is 5.69 Å². The topological polar surface area (TPSA) is 45.0 Å². The standard InChI is InChI=1S/C12H15ClN2O/c1-12(2,16-3)8-15-10-5-4-9(7-14)11(13)6-10/h4-6,15H,8H2,1-3H3. The lowest BCUT2D eigenvalue weighted by Gasteiger charge is -2.23. The van der Waals surface area contributed by atoms with Crippen LogP contribution in [0.4, 0.5) is 5.69 Å². The van der Waals surface area contributed by atoms with Gasteiger partial charge in [-0.15, -0.1) is 0 Å². The second-order valence-electron chi connectivity index (χ2n) is 4.12. The van der Waals surface area contributed by atoms with E-state index in [1.54, 1.807) is 19.2 Å². The summed E-state index contributed by atoms with van der Waals surface area (Å²) in [6.45, 7) is 4.65. The molecule has 3 nitrogen and oxygen atoms in total. The van der Waals surface area contributed by atoms with Crippen LogP contribution in [0.15, 0.2) is 18.2 Å². The number of nitrogens with one attached hydrogen (secondary N) is 1. The molecule has 1 aromatic carbocycles. The smallest absolute Gasteiger partial charge is 0.101 e. The summed E-state index contributed by atoms with van der Waals surface area (Å²) < 4.78 is 5.29. The number of methoxy groups -OCH3 is 1. The van der Waals surface area contributed by atoms with Crippen LogP contribution in [0.3, 0.4) is 0 Å². The number of nitriles is 1. The highest BCUT2D eigenvalue weighted by atomic mass is 35.5. The first-order valence-electron chi connectivity index (χ1n) is 4.97. The second-order valence-corrected chi connectivity index (χ2v) is 4.53. The first-order valence-corrected chi connectivity index (χ1v) is 5.35. The first-order chi connectivity index (χ1) is 7.48. The van der Waals surface area contributed by atoms with E-state index in [1.165, 1.54) is 0 Å². The van der Waals surface area contributed by atoms with E-state index in [1.807, 2.05) is 26.0 Å².